The molecule has 28 heavy (non-hydrogen) atoms. The van der Waals surface area contributed by atoms with Crippen LogP contribution in [-0.2, 0) is 14.3 Å². The predicted molar refractivity (Wildman–Crippen MR) is 105 cm³/mol. The van der Waals surface area contributed by atoms with Crippen LogP contribution in [0.25, 0.3) is 0 Å². The highest BCUT2D eigenvalue weighted by molar-refractivity contribution is 5.83. The second-order valence-corrected chi connectivity index (χ2v) is 8.93. The van der Waals surface area contributed by atoms with Crippen molar-refractivity contribution in [3.8, 4) is 0 Å². The van der Waals surface area contributed by atoms with Gasteiger partial charge in [0.15, 0.2) is 0 Å². The molecule has 4 N–H and O–H groups in total. The van der Waals surface area contributed by atoms with Crippen molar-refractivity contribution in [2.75, 3.05) is 26.9 Å². The van der Waals surface area contributed by atoms with Gasteiger partial charge in [-0.3, -0.25) is 14.5 Å². The number of carbonyl (C=O) groups is 2. The molecule has 2 heterocycles. The van der Waals surface area contributed by atoms with Crippen LogP contribution in [0.15, 0.2) is 0 Å². The van der Waals surface area contributed by atoms with Gasteiger partial charge in [-0.05, 0) is 37.5 Å². The fourth-order valence-corrected chi connectivity index (χ4v) is 5.67. The van der Waals surface area contributed by atoms with Crippen molar-refractivity contribution in [1.82, 2.24) is 26.4 Å². The molecule has 0 aromatic heterocycles. The lowest BCUT2D eigenvalue weighted by molar-refractivity contribution is -0.149. The van der Waals surface area contributed by atoms with Gasteiger partial charge in [0.1, 0.15) is 6.04 Å². The third-order valence-electron chi connectivity index (χ3n) is 7.30. The molecule has 0 aromatic carbocycles. The molecule has 2 saturated heterocycles. The Bertz CT molecular complexity index is 560. The molecule has 2 aliphatic carbocycles. The molecular weight excluding hydrogens is 358 g/mol. The first-order valence-electron chi connectivity index (χ1n) is 11.0. The molecule has 8 nitrogen and oxygen atoms in total. The molecule has 6 atom stereocenters. The largest absolute Gasteiger partial charge is 0.469 e. The molecule has 4 rings (SSSR count). The van der Waals surface area contributed by atoms with Crippen LogP contribution in [0, 0.1) is 17.8 Å². The van der Waals surface area contributed by atoms with Crippen LogP contribution in [0.4, 0.5) is 0 Å². The molecular formula is C20H35N5O3. The molecule has 0 bridgehead atoms. The quantitative estimate of drug-likeness (QED) is 0.511. The number of methoxy groups -OCH3 is 1. The number of esters is 1. The lowest BCUT2D eigenvalue weighted by Gasteiger charge is -2.43. The van der Waals surface area contributed by atoms with Gasteiger partial charge >= 0.3 is 5.97 Å². The SMILES string of the molecule is COC(=O)C1CC2CCCCC2CC1NC(=O)C1CCC(N2CCNC2)NN1. The first-order chi connectivity index (χ1) is 13.7. The molecule has 0 aromatic rings. The van der Waals surface area contributed by atoms with E-state index in [1.807, 2.05) is 0 Å². The second-order valence-electron chi connectivity index (χ2n) is 8.93. The number of carbonyl (C=O) groups excluding carboxylic acids is 2. The second kappa shape index (κ2) is 9.07. The highest BCUT2D eigenvalue weighted by Crippen LogP contribution is 2.43. The van der Waals surface area contributed by atoms with Gasteiger partial charge in [0, 0.05) is 25.8 Å². The van der Waals surface area contributed by atoms with Gasteiger partial charge in [-0.15, -0.1) is 0 Å². The predicted octanol–water partition coefficient (Wildman–Crippen LogP) is 0.306. The molecule has 158 valence electrons. The zero-order valence-corrected chi connectivity index (χ0v) is 16.9. The van der Waals surface area contributed by atoms with E-state index in [0.29, 0.717) is 11.8 Å². The summed E-state index contributed by atoms with van der Waals surface area (Å²) in [4.78, 5) is 27.7. The Morgan fingerprint density at radius 3 is 2.46 bits per heavy atom. The number of hydrogen-bond acceptors (Lipinski definition) is 7. The summed E-state index contributed by atoms with van der Waals surface area (Å²) in [6.07, 6.45) is 8.70. The Morgan fingerprint density at radius 2 is 1.82 bits per heavy atom. The molecule has 1 amide bonds. The van der Waals surface area contributed by atoms with E-state index >= 15 is 0 Å². The average Bonchev–Trinajstić information content (AvgIpc) is 3.27. The van der Waals surface area contributed by atoms with E-state index in [4.69, 9.17) is 4.74 Å². The third-order valence-corrected chi connectivity index (χ3v) is 7.30. The van der Waals surface area contributed by atoms with Crippen molar-refractivity contribution < 1.29 is 14.3 Å². The zero-order chi connectivity index (χ0) is 19.5. The summed E-state index contributed by atoms with van der Waals surface area (Å²) in [5, 5.41) is 6.54. The van der Waals surface area contributed by atoms with Gasteiger partial charge < -0.3 is 15.4 Å². The molecule has 0 radical (unpaired) electrons. The number of nitrogens with zero attached hydrogens (tertiary/aromatic N) is 1. The van der Waals surface area contributed by atoms with Gasteiger partial charge in [0.25, 0.3) is 0 Å². The fourth-order valence-electron chi connectivity index (χ4n) is 5.67. The summed E-state index contributed by atoms with van der Waals surface area (Å²) < 4.78 is 5.07. The molecule has 2 saturated carbocycles. The number of rotatable bonds is 4. The maximum Gasteiger partial charge on any atom is 0.310 e. The van der Waals surface area contributed by atoms with E-state index in [-0.39, 0.29) is 36.0 Å². The third kappa shape index (κ3) is 4.35. The summed E-state index contributed by atoms with van der Waals surface area (Å²) in [7, 11) is 1.45. The van der Waals surface area contributed by atoms with E-state index in [1.54, 1.807) is 0 Å². The number of nitrogens with one attached hydrogen (secondary N) is 4. The van der Waals surface area contributed by atoms with Crippen molar-refractivity contribution in [1.29, 1.82) is 0 Å². The van der Waals surface area contributed by atoms with Crippen molar-refractivity contribution in [3.63, 3.8) is 0 Å². The Labute approximate surface area is 167 Å². The Hall–Kier alpha value is -1.22. The summed E-state index contributed by atoms with van der Waals surface area (Å²) in [6, 6.07) is -0.365. The Kier molecular flexibility index (Phi) is 6.50. The van der Waals surface area contributed by atoms with E-state index in [2.05, 4.69) is 26.4 Å². The molecule has 4 aliphatic rings. The fraction of sp³-hybridized carbons (Fsp3) is 0.900. The molecule has 0 spiro atoms. The van der Waals surface area contributed by atoms with E-state index < -0.39 is 0 Å². The molecule has 6 unspecified atom stereocenters. The van der Waals surface area contributed by atoms with Crippen LogP contribution in [0.3, 0.4) is 0 Å². The van der Waals surface area contributed by atoms with Crippen molar-refractivity contribution in [2.45, 2.75) is 69.6 Å². The highest BCUT2D eigenvalue weighted by Gasteiger charge is 2.43. The van der Waals surface area contributed by atoms with Crippen LogP contribution in [0.5, 0.6) is 0 Å². The maximum atomic E-state index is 12.9. The van der Waals surface area contributed by atoms with Gasteiger partial charge in [-0.25, -0.2) is 10.9 Å². The first kappa shape index (κ1) is 20.1. The lowest BCUT2D eigenvalue weighted by atomic mass is 9.65. The Balaban J connectivity index is 1.33. The zero-order valence-electron chi connectivity index (χ0n) is 16.9. The minimum atomic E-state index is -0.255. The summed E-state index contributed by atoms with van der Waals surface area (Å²) >= 11 is 0. The van der Waals surface area contributed by atoms with Crippen molar-refractivity contribution in [2.24, 2.45) is 17.8 Å². The number of fused-ring (bicyclic) bond motifs is 1. The minimum absolute atomic E-state index is 0.00124. The van der Waals surface area contributed by atoms with Crippen LogP contribution < -0.4 is 21.5 Å². The highest BCUT2D eigenvalue weighted by atomic mass is 16.5. The molecule has 8 heteroatoms. The van der Waals surface area contributed by atoms with Gasteiger partial charge in [-0.2, -0.15) is 0 Å². The molecule has 2 aliphatic heterocycles. The van der Waals surface area contributed by atoms with Crippen molar-refractivity contribution in [3.05, 3.63) is 0 Å². The lowest BCUT2D eigenvalue weighted by Crippen LogP contribution is -2.63. The maximum absolute atomic E-state index is 12.9. The smallest absolute Gasteiger partial charge is 0.310 e. The van der Waals surface area contributed by atoms with Gasteiger partial charge in [-0.1, -0.05) is 25.7 Å². The number of ether oxygens (including phenoxy) is 1. The Morgan fingerprint density at radius 1 is 1.04 bits per heavy atom. The van der Waals surface area contributed by atoms with E-state index in [1.165, 1.54) is 32.8 Å². The molecule has 4 fully saturated rings. The minimum Gasteiger partial charge on any atom is -0.469 e. The van der Waals surface area contributed by atoms with Gasteiger partial charge in [0.05, 0.1) is 19.2 Å². The van der Waals surface area contributed by atoms with Crippen molar-refractivity contribution >= 4 is 11.9 Å². The van der Waals surface area contributed by atoms with Gasteiger partial charge in [0.2, 0.25) is 5.91 Å². The van der Waals surface area contributed by atoms with Crippen LogP contribution in [0.2, 0.25) is 0 Å². The first-order valence-corrected chi connectivity index (χ1v) is 11.0. The number of amides is 1. The van der Waals surface area contributed by atoms with Crippen LogP contribution in [-0.4, -0.2) is 61.9 Å². The summed E-state index contributed by atoms with van der Waals surface area (Å²) in [5.74, 6) is 0.845. The van der Waals surface area contributed by atoms with E-state index in [9.17, 15) is 9.59 Å². The standard InChI is InChI=1S/C20H35N5O3/c1-28-20(27)15-10-13-4-2-3-5-14(13)11-17(15)22-19(26)16-6-7-18(24-23-16)25-9-8-21-12-25/h13-18,21,23-24H,2-12H2,1H3,(H,22,26). The monoisotopic (exact) mass is 393 g/mol. The number of hydrazine groups is 1. The summed E-state index contributed by atoms with van der Waals surface area (Å²) in [6.45, 7) is 2.93. The normalized spacial score (nSPS) is 39.2. The van der Waals surface area contributed by atoms with Crippen LogP contribution in [0.1, 0.15) is 51.4 Å². The summed E-state index contributed by atoms with van der Waals surface area (Å²) in [5.41, 5.74) is 6.51. The van der Waals surface area contributed by atoms with Crippen LogP contribution >= 0.6 is 0 Å². The number of hydrogen-bond donors (Lipinski definition) is 4. The van der Waals surface area contributed by atoms with E-state index in [0.717, 1.165) is 45.4 Å². The average molecular weight is 394 g/mol. The topological polar surface area (TPSA) is 94.7 Å².